The van der Waals surface area contributed by atoms with Crippen molar-refractivity contribution < 1.29 is 0 Å². The van der Waals surface area contributed by atoms with Crippen LogP contribution in [0, 0.1) is 6.92 Å². The third kappa shape index (κ3) is 3.01. The largest absolute Gasteiger partial charge is 0.330 e. The van der Waals surface area contributed by atoms with Crippen LogP contribution in [0.25, 0.3) is 22.7 Å². The number of nitrogens with zero attached hydrogens (tertiary/aromatic N) is 5. The molecule has 8 nitrogen and oxygen atoms in total. The fourth-order valence-corrected chi connectivity index (χ4v) is 3.41. The smallest absolute Gasteiger partial charge is 0.312 e. The van der Waals surface area contributed by atoms with Gasteiger partial charge in [0.2, 0.25) is 0 Å². The van der Waals surface area contributed by atoms with Crippen LogP contribution in [0.15, 0.2) is 46.1 Å². The molecule has 1 aromatic carbocycles. The van der Waals surface area contributed by atoms with Crippen LogP contribution in [0.1, 0.15) is 18.2 Å². The molecule has 0 fully saturated rings. The second-order valence-electron chi connectivity index (χ2n) is 6.31. The Labute approximate surface area is 164 Å². The van der Waals surface area contributed by atoms with Crippen LogP contribution in [0.5, 0.6) is 0 Å². The summed E-state index contributed by atoms with van der Waals surface area (Å²) in [6.45, 7) is 4.36. The minimum absolute atomic E-state index is 0.273. The van der Waals surface area contributed by atoms with Crippen molar-refractivity contribution in [3.05, 3.63) is 73.8 Å². The van der Waals surface area contributed by atoms with E-state index < -0.39 is 11.2 Å². The number of rotatable bonds is 4. The highest BCUT2D eigenvalue weighted by Crippen LogP contribution is 2.25. The normalized spacial score (nSPS) is 11.2. The molecule has 0 saturated carbocycles. The van der Waals surface area contributed by atoms with Gasteiger partial charge in [-0.25, -0.2) is 19.7 Å². The summed E-state index contributed by atoms with van der Waals surface area (Å²) in [7, 11) is 0. The number of benzene rings is 1. The summed E-state index contributed by atoms with van der Waals surface area (Å²) in [5.41, 5.74) is 1.73. The molecule has 0 amide bonds. The highest BCUT2D eigenvalue weighted by molar-refractivity contribution is 6.29. The van der Waals surface area contributed by atoms with E-state index in [1.807, 2.05) is 37.3 Å². The molecule has 0 atom stereocenters. The van der Waals surface area contributed by atoms with Crippen LogP contribution < -0.4 is 11.2 Å². The first-order valence-corrected chi connectivity index (χ1v) is 9.14. The molecule has 0 spiro atoms. The van der Waals surface area contributed by atoms with Gasteiger partial charge in [0, 0.05) is 13.1 Å². The zero-order valence-corrected chi connectivity index (χ0v) is 16.1. The molecule has 142 valence electrons. The van der Waals surface area contributed by atoms with Crippen LogP contribution >= 0.6 is 11.6 Å². The van der Waals surface area contributed by atoms with Gasteiger partial charge in [-0.2, -0.15) is 0 Å². The average Bonchev–Trinajstić information content (AvgIpc) is 3.02. The number of imidazole rings is 1. The van der Waals surface area contributed by atoms with Crippen molar-refractivity contribution in [3.63, 3.8) is 0 Å². The fourth-order valence-electron chi connectivity index (χ4n) is 3.24. The maximum atomic E-state index is 12.7. The summed E-state index contributed by atoms with van der Waals surface area (Å²) in [6, 6.07) is 9.69. The molecule has 0 saturated heterocycles. The number of halogens is 1. The second kappa shape index (κ2) is 7.05. The number of aryl methyl sites for hydroxylation is 2. The van der Waals surface area contributed by atoms with Crippen LogP contribution in [0.2, 0.25) is 5.15 Å². The molecule has 1 N–H and O–H groups in total. The predicted octanol–water partition coefficient (Wildman–Crippen LogP) is 2.37. The number of fused-ring (bicyclic) bond motifs is 1. The number of H-pyrrole nitrogens is 1. The van der Waals surface area contributed by atoms with E-state index in [1.165, 1.54) is 10.8 Å². The Balaban J connectivity index is 2.08. The zero-order valence-electron chi connectivity index (χ0n) is 15.3. The second-order valence-corrected chi connectivity index (χ2v) is 6.70. The quantitative estimate of drug-likeness (QED) is 0.571. The summed E-state index contributed by atoms with van der Waals surface area (Å²) >= 11 is 5.95. The van der Waals surface area contributed by atoms with Crippen molar-refractivity contribution in [1.29, 1.82) is 0 Å². The molecule has 4 aromatic rings. The van der Waals surface area contributed by atoms with Crippen LogP contribution in [0.4, 0.5) is 0 Å². The number of nitrogens with one attached hydrogen (secondary N) is 1. The Morgan fingerprint density at radius 1 is 1.11 bits per heavy atom. The molecule has 28 heavy (non-hydrogen) atoms. The van der Waals surface area contributed by atoms with E-state index in [2.05, 4.69) is 19.9 Å². The van der Waals surface area contributed by atoms with Gasteiger partial charge in [-0.15, -0.1) is 0 Å². The lowest BCUT2D eigenvalue weighted by Gasteiger charge is -2.10. The number of hydrogen-bond donors (Lipinski definition) is 1. The van der Waals surface area contributed by atoms with Crippen molar-refractivity contribution in [2.45, 2.75) is 26.9 Å². The first-order chi connectivity index (χ1) is 13.5. The minimum Gasteiger partial charge on any atom is -0.312 e. The van der Waals surface area contributed by atoms with Crippen molar-refractivity contribution >= 4 is 22.8 Å². The highest BCUT2D eigenvalue weighted by atomic mass is 35.5. The Bertz CT molecular complexity index is 1290. The number of aromatic nitrogens is 6. The molecular formula is C19H17ClN6O2. The highest BCUT2D eigenvalue weighted by Gasteiger charge is 2.21. The van der Waals surface area contributed by atoms with Gasteiger partial charge < -0.3 is 4.57 Å². The molecule has 0 unspecified atom stereocenters. The van der Waals surface area contributed by atoms with Gasteiger partial charge in [0.05, 0.1) is 11.9 Å². The van der Waals surface area contributed by atoms with Gasteiger partial charge in [0.25, 0.3) is 5.56 Å². The van der Waals surface area contributed by atoms with Gasteiger partial charge in [0.1, 0.15) is 10.8 Å². The lowest BCUT2D eigenvalue weighted by atomic mass is 10.2. The molecule has 3 heterocycles. The predicted molar refractivity (Wildman–Crippen MR) is 107 cm³/mol. The van der Waals surface area contributed by atoms with E-state index in [-0.39, 0.29) is 5.15 Å². The summed E-state index contributed by atoms with van der Waals surface area (Å²) < 4.78 is 3.19. The molecule has 0 aliphatic carbocycles. The van der Waals surface area contributed by atoms with Gasteiger partial charge >= 0.3 is 5.69 Å². The molecule has 9 heteroatoms. The van der Waals surface area contributed by atoms with Crippen molar-refractivity contribution in [2.24, 2.45) is 0 Å². The molecule has 0 bridgehead atoms. The third-order valence-electron chi connectivity index (χ3n) is 4.51. The lowest BCUT2D eigenvalue weighted by molar-refractivity contribution is 0.717. The van der Waals surface area contributed by atoms with Crippen molar-refractivity contribution in [2.75, 3.05) is 0 Å². The van der Waals surface area contributed by atoms with Gasteiger partial charge in [-0.05, 0) is 19.4 Å². The third-order valence-corrected chi connectivity index (χ3v) is 4.70. The zero-order chi connectivity index (χ0) is 19.8. The topological polar surface area (TPSA) is 98.5 Å². The molecular weight excluding hydrogens is 380 g/mol. The van der Waals surface area contributed by atoms with Crippen LogP contribution in [-0.2, 0) is 13.1 Å². The first kappa shape index (κ1) is 18.1. The lowest BCUT2D eigenvalue weighted by Crippen LogP contribution is -2.30. The van der Waals surface area contributed by atoms with E-state index in [4.69, 9.17) is 11.6 Å². The molecule has 4 rings (SSSR count). The van der Waals surface area contributed by atoms with Gasteiger partial charge in [0.15, 0.2) is 17.0 Å². The van der Waals surface area contributed by atoms with E-state index in [0.717, 1.165) is 5.56 Å². The van der Waals surface area contributed by atoms with Gasteiger partial charge in [-0.3, -0.25) is 14.3 Å². The summed E-state index contributed by atoms with van der Waals surface area (Å²) in [5.74, 6) is 0.457. The Morgan fingerprint density at radius 3 is 2.54 bits per heavy atom. The minimum atomic E-state index is -0.491. The fraction of sp³-hybridized carbons (Fsp3) is 0.211. The van der Waals surface area contributed by atoms with Crippen LogP contribution in [-0.4, -0.2) is 29.1 Å². The first-order valence-electron chi connectivity index (χ1n) is 8.76. The molecule has 3 aromatic heterocycles. The Morgan fingerprint density at radius 2 is 1.86 bits per heavy atom. The standard InChI is InChI=1S/C19H17ClN6O2/c1-3-25-17-15(18(27)24-19(25)28)26(10-12-7-5-4-6-8-12)16(23-17)14-11(2)22-13(20)9-21-14/h4-9H,3,10H2,1-2H3,(H,24,27,28). The monoisotopic (exact) mass is 396 g/mol. The number of hydrogen-bond acceptors (Lipinski definition) is 5. The van der Waals surface area contributed by atoms with Crippen molar-refractivity contribution in [1.82, 2.24) is 29.1 Å². The molecule has 0 aliphatic rings. The van der Waals surface area contributed by atoms with E-state index in [1.54, 1.807) is 11.5 Å². The van der Waals surface area contributed by atoms with E-state index >= 15 is 0 Å². The Hall–Kier alpha value is -3.26. The van der Waals surface area contributed by atoms with E-state index in [9.17, 15) is 9.59 Å². The van der Waals surface area contributed by atoms with Crippen molar-refractivity contribution in [3.8, 4) is 11.5 Å². The average molecular weight is 397 g/mol. The molecule has 0 radical (unpaired) electrons. The maximum Gasteiger partial charge on any atom is 0.330 e. The SMILES string of the molecule is CCn1c(=O)[nH]c(=O)c2c1nc(-c1ncc(Cl)nc1C)n2Cc1ccccc1. The van der Waals surface area contributed by atoms with Gasteiger partial charge in [-0.1, -0.05) is 41.9 Å². The summed E-state index contributed by atoms with van der Waals surface area (Å²) in [6.07, 6.45) is 1.44. The maximum absolute atomic E-state index is 12.7. The Kier molecular flexibility index (Phi) is 4.56. The van der Waals surface area contributed by atoms with E-state index in [0.29, 0.717) is 41.5 Å². The molecule has 0 aliphatic heterocycles. The summed E-state index contributed by atoms with van der Waals surface area (Å²) in [5, 5.41) is 0.273. The summed E-state index contributed by atoms with van der Waals surface area (Å²) in [4.78, 5) is 40.5. The number of aromatic amines is 1. The van der Waals surface area contributed by atoms with Crippen LogP contribution in [0.3, 0.4) is 0 Å².